The Balaban J connectivity index is 1.60. The molecule has 4 rings (SSSR count). The highest BCUT2D eigenvalue weighted by molar-refractivity contribution is 7.92. The van der Waals surface area contributed by atoms with E-state index in [1.54, 1.807) is 12.1 Å². The molecule has 0 saturated carbocycles. The summed E-state index contributed by atoms with van der Waals surface area (Å²) in [5, 5.41) is 3.30. The number of nitrogens with zero attached hydrogens (tertiary/aromatic N) is 2. The normalized spacial score (nSPS) is 13.4. The highest BCUT2D eigenvalue weighted by atomic mass is 32.2. The molecular weight excluding hydrogens is 406 g/mol. The molecule has 150 valence electrons. The number of thiazole rings is 1. The van der Waals surface area contributed by atoms with E-state index in [9.17, 15) is 13.2 Å². The molecule has 29 heavy (non-hydrogen) atoms. The van der Waals surface area contributed by atoms with Crippen molar-refractivity contribution < 1.29 is 13.2 Å². The van der Waals surface area contributed by atoms with Crippen LogP contribution >= 0.6 is 11.3 Å². The van der Waals surface area contributed by atoms with Gasteiger partial charge in [0, 0.05) is 17.0 Å². The van der Waals surface area contributed by atoms with E-state index >= 15 is 0 Å². The number of benzene rings is 2. The third kappa shape index (κ3) is 3.65. The van der Waals surface area contributed by atoms with Gasteiger partial charge in [0.25, 0.3) is 15.9 Å². The van der Waals surface area contributed by atoms with Crippen molar-refractivity contribution in [3.8, 4) is 0 Å². The molecule has 0 saturated heterocycles. The number of fused-ring (bicyclic) bond motifs is 1. The van der Waals surface area contributed by atoms with Gasteiger partial charge in [0.15, 0.2) is 5.13 Å². The molecule has 0 bridgehead atoms. The molecule has 1 N–H and O–H groups in total. The van der Waals surface area contributed by atoms with Crippen LogP contribution in [0.1, 0.15) is 33.4 Å². The summed E-state index contributed by atoms with van der Waals surface area (Å²) in [7, 11) is -3.75. The standard InChI is InChI=1S/C21H21N3O3S2/c1-3-18-14(2)28-21(22-18)23-20(25)16-8-6-9-17(13-16)29(26,27)24-12-11-15-7-4-5-10-19(15)24/h4-10,13H,3,11-12H2,1-2H3,(H,22,23,25). The van der Waals surface area contributed by atoms with E-state index in [2.05, 4.69) is 10.3 Å². The fraction of sp³-hybridized carbons (Fsp3) is 0.238. The summed E-state index contributed by atoms with van der Waals surface area (Å²) < 4.78 is 27.8. The zero-order valence-electron chi connectivity index (χ0n) is 16.2. The summed E-state index contributed by atoms with van der Waals surface area (Å²) in [6.07, 6.45) is 1.47. The van der Waals surface area contributed by atoms with Gasteiger partial charge in [-0.3, -0.25) is 14.4 Å². The molecule has 0 spiro atoms. The fourth-order valence-corrected chi connectivity index (χ4v) is 5.91. The molecule has 0 unspecified atom stereocenters. The maximum absolute atomic E-state index is 13.2. The molecule has 6 nitrogen and oxygen atoms in total. The van der Waals surface area contributed by atoms with Gasteiger partial charge < -0.3 is 0 Å². The van der Waals surface area contributed by atoms with Crippen molar-refractivity contribution in [2.24, 2.45) is 0 Å². The van der Waals surface area contributed by atoms with Crippen LogP contribution < -0.4 is 9.62 Å². The molecule has 1 aromatic heterocycles. The molecule has 1 aliphatic heterocycles. The number of hydrogen-bond acceptors (Lipinski definition) is 5. The van der Waals surface area contributed by atoms with Crippen LogP contribution in [0.3, 0.4) is 0 Å². The number of hydrogen-bond donors (Lipinski definition) is 1. The minimum atomic E-state index is -3.75. The third-order valence-electron chi connectivity index (χ3n) is 4.98. The molecule has 0 atom stereocenters. The predicted octanol–water partition coefficient (Wildman–Crippen LogP) is 4.02. The first-order chi connectivity index (χ1) is 13.9. The Morgan fingerprint density at radius 3 is 2.76 bits per heavy atom. The van der Waals surface area contributed by atoms with E-state index in [0.717, 1.165) is 22.6 Å². The minimum absolute atomic E-state index is 0.103. The number of carbonyl (C=O) groups excluding carboxylic acids is 1. The summed E-state index contributed by atoms with van der Waals surface area (Å²) >= 11 is 1.41. The largest absolute Gasteiger partial charge is 0.298 e. The smallest absolute Gasteiger partial charge is 0.264 e. The Labute approximate surface area is 174 Å². The summed E-state index contributed by atoms with van der Waals surface area (Å²) in [6, 6.07) is 13.6. The van der Waals surface area contributed by atoms with Crippen molar-refractivity contribution >= 4 is 38.1 Å². The van der Waals surface area contributed by atoms with Gasteiger partial charge in [-0.2, -0.15) is 0 Å². The molecule has 2 aromatic carbocycles. The van der Waals surface area contributed by atoms with Crippen molar-refractivity contribution in [2.45, 2.75) is 31.6 Å². The fourth-order valence-electron chi connectivity index (χ4n) is 3.46. The molecule has 1 amide bonds. The predicted molar refractivity (Wildman–Crippen MR) is 115 cm³/mol. The van der Waals surface area contributed by atoms with Crippen LogP contribution in [0.5, 0.6) is 0 Å². The molecule has 1 aliphatic rings. The van der Waals surface area contributed by atoms with Gasteiger partial charge in [0.05, 0.1) is 16.3 Å². The lowest BCUT2D eigenvalue weighted by Crippen LogP contribution is -2.29. The number of aryl methyl sites for hydroxylation is 2. The summed E-state index contributed by atoms with van der Waals surface area (Å²) in [4.78, 5) is 18.2. The Morgan fingerprint density at radius 1 is 1.21 bits per heavy atom. The zero-order chi connectivity index (χ0) is 20.6. The highest BCUT2D eigenvalue weighted by Gasteiger charge is 2.31. The van der Waals surface area contributed by atoms with Crippen LogP contribution in [0, 0.1) is 6.92 Å². The van der Waals surface area contributed by atoms with Crippen molar-refractivity contribution in [1.29, 1.82) is 0 Å². The summed E-state index contributed by atoms with van der Waals surface area (Å²) in [6.45, 7) is 4.38. The van der Waals surface area contributed by atoms with Gasteiger partial charge in [-0.05, 0) is 49.6 Å². The van der Waals surface area contributed by atoms with Crippen LogP contribution in [0.4, 0.5) is 10.8 Å². The first kappa shape index (κ1) is 19.6. The minimum Gasteiger partial charge on any atom is -0.298 e. The van der Waals surface area contributed by atoms with Crippen molar-refractivity contribution in [2.75, 3.05) is 16.2 Å². The molecule has 0 radical (unpaired) electrons. The first-order valence-electron chi connectivity index (χ1n) is 9.38. The number of sulfonamides is 1. The molecule has 2 heterocycles. The summed E-state index contributed by atoms with van der Waals surface area (Å²) in [5.41, 5.74) is 2.95. The number of para-hydroxylation sites is 1. The SMILES string of the molecule is CCc1nc(NC(=O)c2cccc(S(=O)(=O)N3CCc4ccccc43)c2)sc1C. The number of carbonyl (C=O) groups is 1. The van der Waals surface area contributed by atoms with Gasteiger partial charge in [-0.25, -0.2) is 13.4 Å². The van der Waals surface area contributed by atoms with E-state index in [1.807, 2.05) is 38.1 Å². The van der Waals surface area contributed by atoms with Gasteiger partial charge in [-0.1, -0.05) is 31.2 Å². The Kier molecular flexibility index (Phi) is 5.14. The van der Waals surface area contributed by atoms with Crippen LogP contribution in [0.2, 0.25) is 0 Å². The average molecular weight is 428 g/mol. The number of amides is 1. The second-order valence-corrected chi connectivity index (χ2v) is 9.88. The molecule has 0 fully saturated rings. The number of anilines is 2. The zero-order valence-corrected chi connectivity index (χ0v) is 17.8. The van der Waals surface area contributed by atoms with Crippen molar-refractivity contribution in [1.82, 2.24) is 4.98 Å². The van der Waals surface area contributed by atoms with Gasteiger partial charge in [0.2, 0.25) is 0 Å². The maximum atomic E-state index is 13.2. The topological polar surface area (TPSA) is 79.4 Å². The van der Waals surface area contributed by atoms with Crippen molar-refractivity contribution in [3.63, 3.8) is 0 Å². The molecular formula is C21H21N3O3S2. The van der Waals surface area contributed by atoms with Gasteiger partial charge in [0.1, 0.15) is 0 Å². The second-order valence-electron chi connectivity index (χ2n) is 6.81. The lowest BCUT2D eigenvalue weighted by atomic mass is 10.2. The number of rotatable bonds is 5. The quantitative estimate of drug-likeness (QED) is 0.667. The summed E-state index contributed by atoms with van der Waals surface area (Å²) in [5.74, 6) is -0.375. The van der Waals surface area contributed by atoms with Gasteiger partial charge >= 0.3 is 0 Å². The van der Waals surface area contributed by atoms with Gasteiger partial charge in [-0.15, -0.1) is 11.3 Å². The maximum Gasteiger partial charge on any atom is 0.264 e. The van der Waals surface area contributed by atoms with Crippen LogP contribution in [-0.4, -0.2) is 25.9 Å². The van der Waals surface area contributed by atoms with Crippen LogP contribution in [-0.2, 0) is 22.9 Å². The first-order valence-corrected chi connectivity index (χ1v) is 11.6. The second kappa shape index (κ2) is 7.61. The van der Waals surface area contributed by atoms with E-state index in [0.29, 0.717) is 23.8 Å². The Morgan fingerprint density at radius 2 is 2.00 bits per heavy atom. The van der Waals surface area contributed by atoms with E-state index in [-0.39, 0.29) is 16.4 Å². The van der Waals surface area contributed by atoms with Crippen molar-refractivity contribution in [3.05, 3.63) is 70.2 Å². The lowest BCUT2D eigenvalue weighted by molar-refractivity contribution is 0.102. The Bertz CT molecular complexity index is 1190. The average Bonchev–Trinajstić information content (AvgIpc) is 3.31. The van der Waals surface area contributed by atoms with E-state index in [1.165, 1.54) is 27.8 Å². The Hall–Kier alpha value is -2.71. The highest BCUT2D eigenvalue weighted by Crippen LogP contribution is 2.33. The van der Waals surface area contributed by atoms with Crippen LogP contribution in [0.15, 0.2) is 53.4 Å². The number of nitrogens with one attached hydrogen (secondary N) is 1. The molecule has 8 heteroatoms. The number of aromatic nitrogens is 1. The van der Waals surface area contributed by atoms with E-state index < -0.39 is 10.0 Å². The van der Waals surface area contributed by atoms with Crippen LogP contribution in [0.25, 0.3) is 0 Å². The molecule has 3 aromatic rings. The third-order valence-corrected chi connectivity index (χ3v) is 7.71. The van der Waals surface area contributed by atoms with E-state index in [4.69, 9.17) is 0 Å². The monoisotopic (exact) mass is 427 g/mol. The lowest BCUT2D eigenvalue weighted by Gasteiger charge is -2.19. The molecule has 0 aliphatic carbocycles.